The molecule has 0 aliphatic heterocycles. The summed E-state index contributed by atoms with van der Waals surface area (Å²) in [6, 6.07) is 5.97. The molecule has 0 aromatic heterocycles. The van der Waals surface area contributed by atoms with Crippen LogP contribution in [0.5, 0.6) is 0 Å². The summed E-state index contributed by atoms with van der Waals surface area (Å²) in [5.74, 6) is -3.56. The smallest absolute Gasteiger partial charge is 0.258 e. The topological polar surface area (TPSA) is 29.1 Å². The van der Waals surface area contributed by atoms with E-state index in [1.54, 1.807) is 6.92 Å². The van der Waals surface area contributed by atoms with Gasteiger partial charge in [0, 0.05) is 4.47 Å². The highest BCUT2D eigenvalue weighted by Gasteiger charge is 2.17. The molecular formula is C14H9BrF3NO. The maximum absolute atomic E-state index is 13.6. The van der Waals surface area contributed by atoms with Crippen LogP contribution in [0, 0.1) is 24.4 Å². The molecule has 0 radical (unpaired) electrons. The summed E-state index contributed by atoms with van der Waals surface area (Å²) in [7, 11) is 0. The molecule has 0 aliphatic rings. The maximum atomic E-state index is 13.6. The summed E-state index contributed by atoms with van der Waals surface area (Å²) in [4.78, 5) is 11.8. The van der Waals surface area contributed by atoms with E-state index in [1.165, 1.54) is 18.2 Å². The van der Waals surface area contributed by atoms with Gasteiger partial charge in [-0.25, -0.2) is 13.2 Å². The number of hydrogen-bond acceptors (Lipinski definition) is 1. The lowest BCUT2D eigenvalue weighted by atomic mass is 10.1. The van der Waals surface area contributed by atoms with Crippen molar-refractivity contribution >= 4 is 27.5 Å². The molecule has 2 rings (SSSR count). The normalized spacial score (nSPS) is 10.4. The number of hydrogen-bond donors (Lipinski definition) is 1. The summed E-state index contributed by atoms with van der Waals surface area (Å²) in [6.45, 7) is 1.67. The minimum absolute atomic E-state index is 0.201. The van der Waals surface area contributed by atoms with Gasteiger partial charge in [0.1, 0.15) is 11.5 Å². The summed E-state index contributed by atoms with van der Waals surface area (Å²) in [6.07, 6.45) is 0. The molecule has 0 bridgehead atoms. The third kappa shape index (κ3) is 3.01. The van der Waals surface area contributed by atoms with Gasteiger partial charge in [-0.05, 0) is 36.8 Å². The number of halogens is 4. The van der Waals surface area contributed by atoms with Crippen LogP contribution in [-0.4, -0.2) is 5.91 Å². The number of nitrogens with one attached hydrogen (secondary N) is 1. The van der Waals surface area contributed by atoms with Gasteiger partial charge in [-0.1, -0.05) is 22.0 Å². The molecule has 20 heavy (non-hydrogen) atoms. The Morgan fingerprint density at radius 2 is 1.65 bits per heavy atom. The van der Waals surface area contributed by atoms with E-state index in [-0.39, 0.29) is 10.0 Å². The number of aryl methyl sites for hydroxylation is 1. The van der Waals surface area contributed by atoms with Gasteiger partial charge in [-0.15, -0.1) is 0 Å². The Balaban J connectivity index is 2.33. The first-order chi connectivity index (χ1) is 9.38. The Kier molecular flexibility index (Phi) is 4.13. The molecule has 0 saturated heterocycles. The van der Waals surface area contributed by atoms with Crippen molar-refractivity contribution in [3.63, 3.8) is 0 Å². The van der Waals surface area contributed by atoms with Crippen LogP contribution in [0.15, 0.2) is 34.8 Å². The quantitative estimate of drug-likeness (QED) is 0.858. The Hall–Kier alpha value is -1.82. The standard InChI is InChI=1S/C14H9BrF3NO/c1-7-2-3-9(10(16)4-7)14(20)19-13-11(17)5-8(15)6-12(13)18/h2-6H,1H3,(H,19,20). The van der Waals surface area contributed by atoms with Gasteiger partial charge >= 0.3 is 0 Å². The van der Waals surface area contributed by atoms with Gasteiger partial charge in [0.15, 0.2) is 11.6 Å². The predicted molar refractivity (Wildman–Crippen MR) is 73.1 cm³/mol. The second-order valence-corrected chi connectivity index (χ2v) is 5.10. The van der Waals surface area contributed by atoms with Crippen molar-refractivity contribution in [2.45, 2.75) is 6.92 Å². The molecule has 2 aromatic rings. The molecular weight excluding hydrogens is 335 g/mol. The Morgan fingerprint density at radius 3 is 2.20 bits per heavy atom. The molecule has 104 valence electrons. The molecule has 1 amide bonds. The lowest BCUT2D eigenvalue weighted by Gasteiger charge is -2.09. The number of amides is 1. The van der Waals surface area contributed by atoms with Crippen LogP contribution in [0.25, 0.3) is 0 Å². The Labute approximate surface area is 121 Å². The second-order valence-electron chi connectivity index (χ2n) is 4.18. The van der Waals surface area contributed by atoms with Crippen molar-refractivity contribution in [1.82, 2.24) is 0 Å². The maximum Gasteiger partial charge on any atom is 0.258 e. The summed E-state index contributed by atoms with van der Waals surface area (Å²) >= 11 is 2.93. The zero-order valence-electron chi connectivity index (χ0n) is 10.3. The SMILES string of the molecule is Cc1ccc(C(=O)Nc2c(F)cc(Br)cc2F)c(F)c1. The van der Waals surface area contributed by atoms with Crippen LogP contribution in [-0.2, 0) is 0 Å². The van der Waals surface area contributed by atoms with Gasteiger partial charge in [-0.2, -0.15) is 0 Å². The summed E-state index contributed by atoms with van der Waals surface area (Å²) in [5.41, 5.74) is -0.254. The van der Waals surface area contributed by atoms with Crippen LogP contribution in [0.2, 0.25) is 0 Å². The first kappa shape index (κ1) is 14.6. The highest BCUT2D eigenvalue weighted by molar-refractivity contribution is 9.10. The fourth-order valence-corrected chi connectivity index (χ4v) is 2.05. The van der Waals surface area contributed by atoms with Gasteiger partial charge in [-0.3, -0.25) is 4.79 Å². The number of carbonyl (C=O) groups excluding carboxylic acids is 1. The molecule has 1 N–H and O–H groups in total. The third-order valence-electron chi connectivity index (χ3n) is 2.61. The van der Waals surface area contributed by atoms with E-state index in [4.69, 9.17) is 0 Å². The fraction of sp³-hybridized carbons (Fsp3) is 0.0714. The van der Waals surface area contributed by atoms with Crippen molar-refractivity contribution in [3.8, 4) is 0 Å². The third-order valence-corrected chi connectivity index (χ3v) is 3.07. The molecule has 0 fully saturated rings. The Morgan fingerprint density at radius 1 is 1.05 bits per heavy atom. The van der Waals surface area contributed by atoms with Gasteiger partial charge in [0.05, 0.1) is 5.56 Å². The van der Waals surface area contributed by atoms with Crippen LogP contribution in [0.1, 0.15) is 15.9 Å². The van der Waals surface area contributed by atoms with Gasteiger partial charge in [0.2, 0.25) is 0 Å². The van der Waals surface area contributed by atoms with Gasteiger partial charge < -0.3 is 5.32 Å². The molecule has 2 aromatic carbocycles. The molecule has 0 spiro atoms. The first-order valence-electron chi connectivity index (χ1n) is 5.60. The second kappa shape index (κ2) is 5.66. The van der Waals surface area contributed by atoms with E-state index >= 15 is 0 Å². The van der Waals surface area contributed by atoms with Crippen molar-refractivity contribution in [3.05, 3.63) is 63.4 Å². The van der Waals surface area contributed by atoms with E-state index in [0.29, 0.717) is 5.56 Å². The minimum atomic E-state index is -0.947. The van der Waals surface area contributed by atoms with E-state index in [0.717, 1.165) is 12.1 Å². The molecule has 6 heteroatoms. The molecule has 0 atom stereocenters. The lowest BCUT2D eigenvalue weighted by molar-refractivity contribution is 0.102. The summed E-state index contributed by atoms with van der Waals surface area (Å²) in [5, 5.41) is 2.03. The average molecular weight is 344 g/mol. The van der Waals surface area contributed by atoms with Crippen LogP contribution >= 0.6 is 15.9 Å². The van der Waals surface area contributed by atoms with E-state index in [2.05, 4.69) is 15.9 Å². The van der Waals surface area contributed by atoms with Crippen LogP contribution < -0.4 is 5.32 Å². The number of benzene rings is 2. The molecule has 2 nitrogen and oxygen atoms in total. The van der Waals surface area contributed by atoms with Crippen molar-refractivity contribution in [1.29, 1.82) is 0 Å². The number of anilines is 1. The molecule has 0 heterocycles. The zero-order chi connectivity index (χ0) is 14.9. The summed E-state index contributed by atoms with van der Waals surface area (Å²) < 4.78 is 41.0. The Bertz CT molecular complexity index is 665. The molecule has 0 aliphatic carbocycles. The molecule has 0 saturated carbocycles. The highest BCUT2D eigenvalue weighted by Crippen LogP contribution is 2.24. The van der Waals surface area contributed by atoms with Crippen molar-refractivity contribution in [2.75, 3.05) is 5.32 Å². The monoisotopic (exact) mass is 343 g/mol. The zero-order valence-corrected chi connectivity index (χ0v) is 11.9. The highest BCUT2D eigenvalue weighted by atomic mass is 79.9. The van der Waals surface area contributed by atoms with E-state index in [1.807, 2.05) is 5.32 Å². The van der Waals surface area contributed by atoms with Crippen molar-refractivity contribution < 1.29 is 18.0 Å². The van der Waals surface area contributed by atoms with Crippen LogP contribution in [0.3, 0.4) is 0 Å². The van der Waals surface area contributed by atoms with E-state index in [9.17, 15) is 18.0 Å². The number of carbonyl (C=O) groups is 1. The predicted octanol–water partition coefficient (Wildman–Crippen LogP) is 4.43. The fourth-order valence-electron chi connectivity index (χ4n) is 1.65. The average Bonchev–Trinajstić information content (AvgIpc) is 2.33. The van der Waals surface area contributed by atoms with E-state index < -0.39 is 29.0 Å². The lowest BCUT2D eigenvalue weighted by Crippen LogP contribution is -2.16. The number of rotatable bonds is 2. The largest absolute Gasteiger partial charge is 0.317 e. The minimum Gasteiger partial charge on any atom is -0.317 e. The first-order valence-corrected chi connectivity index (χ1v) is 6.40. The van der Waals surface area contributed by atoms with Crippen molar-refractivity contribution in [2.24, 2.45) is 0 Å². The van der Waals surface area contributed by atoms with Gasteiger partial charge in [0.25, 0.3) is 5.91 Å². The van der Waals surface area contributed by atoms with Crippen LogP contribution in [0.4, 0.5) is 18.9 Å². The molecule has 0 unspecified atom stereocenters.